The predicted octanol–water partition coefficient (Wildman–Crippen LogP) is 1.36. The van der Waals surface area contributed by atoms with Gasteiger partial charge in [0.05, 0.1) is 12.1 Å². The van der Waals surface area contributed by atoms with E-state index >= 15 is 0 Å². The fourth-order valence-corrected chi connectivity index (χ4v) is 4.68. The largest absolute Gasteiger partial charge is 0.396 e. The molecule has 1 N–H and O–H groups in total. The summed E-state index contributed by atoms with van der Waals surface area (Å²) in [6.45, 7) is 6.87. The molecule has 2 aliphatic rings. The van der Waals surface area contributed by atoms with Gasteiger partial charge in [-0.3, -0.25) is 4.79 Å². The second-order valence-corrected chi connectivity index (χ2v) is 8.03. The third kappa shape index (κ3) is 3.37. The molecule has 2 saturated heterocycles. The van der Waals surface area contributed by atoms with E-state index < -0.39 is 0 Å². The fraction of sp³-hybridized carbons (Fsp3) is 0.600. The Morgan fingerprint density at radius 2 is 2.00 bits per heavy atom. The smallest absolute Gasteiger partial charge is 0.227 e. The number of aliphatic hydroxyl groups is 1. The standard InChI is InChI=1S/C20H27N5O3/c1-14-17(15(2)28-23-14)10-18(27)24-8-4-20(5-9-24)13-25(11-16(20)12-26)19-21-6-3-7-22-19/h3,6-7,16,26H,4-5,8-13H2,1-2H3. The normalized spacial score (nSPS) is 21.5. The highest BCUT2D eigenvalue weighted by atomic mass is 16.5. The number of anilines is 1. The van der Waals surface area contributed by atoms with Gasteiger partial charge in [-0.15, -0.1) is 0 Å². The Morgan fingerprint density at radius 3 is 2.61 bits per heavy atom. The summed E-state index contributed by atoms with van der Waals surface area (Å²) in [5, 5.41) is 13.9. The number of hydrogen-bond acceptors (Lipinski definition) is 7. The van der Waals surface area contributed by atoms with Crippen LogP contribution < -0.4 is 4.90 Å². The third-order valence-electron chi connectivity index (χ3n) is 6.49. The van der Waals surface area contributed by atoms with Crippen LogP contribution in [0.5, 0.6) is 0 Å². The quantitative estimate of drug-likeness (QED) is 0.849. The number of amides is 1. The molecule has 1 atom stereocenters. The zero-order valence-electron chi connectivity index (χ0n) is 16.5. The average Bonchev–Trinajstić information content (AvgIpc) is 3.24. The first kappa shape index (κ1) is 18.9. The van der Waals surface area contributed by atoms with Gasteiger partial charge in [0, 0.05) is 56.7 Å². The first-order valence-corrected chi connectivity index (χ1v) is 9.85. The number of rotatable bonds is 4. The Labute approximate surface area is 164 Å². The summed E-state index contributed by atoms with van der Waals surface area (Å²) in [6, 6.07) is 1.81. The molecule has 1 amide bonds. The predicted molar refractivity (Wildman–Crippen MR) is 103 cm³/mol. The Kier molecular flexibility index (Phi) is 5.05. The summed E-state index contributed by atoms with van der Waals surface area (Å²) in [6.07, 6.45) is 5.60. The molecule has 4 rings (SSSR count). The van der Waals surface area contributed by atoms with Crippen molar-refractivity contribution >= 4 is 11.9 Å². The minimum absolute atomic E-state index is 0.00770. The third-order valence-corrected chi connectivity index (χ3v) is 6.49. The number of hydrogen-bond donors (Lipinski definition) is 1. The molecule has 2 aromatic heterocycles. The summed E-state index contributed by atoms with van der Waals surface area (Å²) in [7, 11) is 0. The molecule has 0 radical (unpaired) electrons. The van der Waals surface area contributed by atoms with Crippen LogP contribution in [-0.2, 0) is 11.2 Å². The molecule has 0 bridgehead atoms. The molecule has 8 heteroatoms. The maximum atomic E-state index is 12.8. The van der Waals surface area contributed by atoms with Crippen molar-refractivity contribution in [2.45, 2.75) is 33.1 Å². The number of piperidine rings is 1. The van der Waals surface area contributed by atoms with Crippen LogP contribution in [0.3, 0.4) is 0 Å². The van der Waals surface area contributed by atoms with Crippen LogP contribution >= 0.6 is 0 Å². The second-order valence-electron chi connectivity index (χ2n) is 8.03. The first-order chi connectivity index (χ1) is 13.5. The molecule has 1 unspecified atom stereocenters. The van der Waals surface area contributed by atoms with Crippen molar-refractivity contribution < 1.29 is 14.4 Å². The van der Waals surface area contributed by atoms with Crippen molar-refractivity contribution in [3.05, 3.63) is 35.5 Å². The molecule has 1 spiro atoms. The van der Waals surface area contributed by atoms with Gasteiger partial charge < -0.3 is 19.4 Å². The molecule has 0 aliphatic carbocycles. The summed E-state index contributed by atoms with van der Waals surface area (Å²) in [5.41, 5.74) is 1.69. The van der Waals surface area contributed by atoms with E-state index in [0.717, 1.165) is 43.1 Å². The SMILES string of the molecule is Cc1noc(C)c1CC(=O)N1CCC2(CC1)CN(c1ncccn1)CC2CO. The summed E-state index contributed by atoms with van der Waals surface area (Å²) >= 11 is 0. The van der Waals surface area contributed by atoms with Gasteiger partial charge >= 0.3 is 0 Å². The first-order valence-electron chi connectivity index (χ1n) is 9.85. The van der Waals surface area contributed by atoms with Crippen LogP contribution in [0.1, 0.15) is 29.9 Å². The van der Waals surface area contributed by atoms with Crippen LogP contribution in [0, 0.1) is 25.2 Å². The minimum atomic E-state index is 0.00770. The second kappa shape index (κ2) is 7.50. The molecule has 8 nitrogen and oxygen atoms in total. The fourth-order valence-electron chi connectivity index (χ4n) is 4.68. The van der Waals surface area contributed by atoms with Crippen LogP contribution in [0.2, 0.25) is 0 Å². The molecule has 2 fully saturated rings. The molecule has 0 saturated carbocycles. The summed E-state index contributed by atoms with van der Waals surface area (Å²) < 4.78 is 5.18. The summed E-state index contributed by atoms with van der Waals surface area (Å²) in [5.74, 6) is 1.73. The van der Waals surface area contributed by atoms with Crippen LogP contribution in [-0.4, -0.2) is 63.8 Å². The van der Waals surface area contributed by atoms with Crippen LogP contribution in [0.25, 0.3) is 0 Å². The Morgan fingerprint density at radius 1 is 1.29 bits per heavy atom. The lowest BCUT2D eigenvalue weighted by Crippen LogP contribution is -2.47. The molecular weight excluding hydrogens is 358 g/mol. The number of carbonyl (C=O) groups excluding carboxylic acids is 1. The van der Waals surface area contributed by atoms with Gasteiger partial charge in [-0.25, -0.2) is 9.97 Å². The van der Waals surface area contributed by atoms with Crippen molar-refractivity contribution in [2.24, 2.45) is 11.3 Å². The van der Waals surface area contributed by atoms with Gasteiger partial charge in [0.25, 0.3) is 0 Å². The van der Waals surface area contributed by atoms with Gasteiger partial charge in [-0.2, -0.15) is 0 Å². The molecule has 0 aromatic carbocycles. The Bertz CT molecular complexity index is 810. The zero-order valence-corrected chi connectivity index (χ0v) is 16.5. The summed E-state index contributed by atoms with van der Waals surface area (Å²) in [4.78, 5) is 25.6. The lowest BCUT2D eigenvalue weighted by Gasteiger charge is -2.42. The molecular formula is C20H27N5O3. The Balaban J connectivity index is 1.41. The van der Waals surface area contributed by atoms with E-state index in [1.54, 1.807) is 12.4 Å². The van der Waals surface area contributed by atoms with Crippen molar-refractivity contribution in [2.75, 3.05) is 37.7 Å². The Hall–Kier alpha value is -2.48. The van der Waals surface area contributed by atoms with Gasteiger partial charge in [0.15, 0.2) is 0 Å². The van der Waals surface area contributed by atoms with E-state index in [-0.39, 0.29) is 23.8 Å². The van der Waals surface area contributed by atoms with E-state index in [1.807, 2.05) is 24.8 Å². The monoisotopic (exact) mass is 385 g/mol. The minimum Gasteiger partial charge on any atom is -0.396 e. The average molecular weight is 385 g/mol. The molecule has 2 aliphatic heterocycles. The van der Waals surface area contributed by atoms with Gasteiger partial charge in [-0.05, 0) is 38.2 Å². The van der Waals surface area contributed by atoms with Gasteiger partial charge in [-0.1, -0.05) is 5.16 Å². The molecule has 150 valence electrons. The number of nitrogens with zero attached hydrogens (tertiary/aromatic N) is 5. The number of aryl methyl sites for hydroxylation is 2. The highest BCUT2D eigenvalue weighted by Crippen LogP contribution is 2.45. The van der Waals surface area contributed by atoms with Crippen LogP contribution in [0.15, 0.2) is 23.0 Å². The molecule has 4 heterocycles. The van der Waals surface area contributed by atoms with E-state index in [1.165, 1.54) is 0 Å². The highest BCUT2D eigenvalue weighted by molar-refractivity contribution is 5.79. The van der Waals surface area contributed by atoms with E-state index in [9.17, 15) is 9.90 Å². The number of aliphatic hydroxyl groups excluding tert-OH is 1. The van der Waals surface area contributed by atoms with Gasteiger partial charge in [0.2, 0.25) is 11.9 Å². The van der Waals surface area contributed by atoms with Crippen molar-refractivity contribution in [1.29, 1.82) is 0 Å². The van der Waals surface area contributed by atoms with Crippen molar-refractivity contribution in [1.82, 2.24) is 20.0 Å². The highest BCUT2D eigenvalue weighted by Gasteiger charge is 2.48. The number of aromatic nitrogens is 3. The van der Waals surface area contributed by atoms with E-state index in [2.05, 4.69) is 20.0 Å². The topological polar surface area (TPSA) is 95.6 Å². The van der Waals surface area contributed by atoms with Crippen molar-refractivity contribution in [3.63, 3.8) is 0 Å². The number of carbonyl (C=O) groups is 1. The van der Waals surface area contributed by atoms with E-state index in [0.29, 0.717) is 25.3 Å². The maximum Gasteiger partial charge on any atom is 0.227 e. The van der Waals surface area contributed by atoms with Crippen molar-refractivity contribution in [3.8, 4) is 0 Å². The molecule has 2 aromatic rings. The number of likely N-dealkylation sites (tertiary alicyclic amines) is 1. The van der Waals surface area contributed by atoms with Gasteiger partial charge in [0.1, 0.15) is 5.76 Å². The van der Waals surface area contributed by atoms with E-state index in [4.69, 9.17) is 4.52 Å². The lowest BCUT2D eigenvalue weighted by molar-refractivity contribution is -0.133. The zero-order chi connectivity index (χ0) is 19.7. The molecule has 28 heavy (non-hydrogen) atoms. The van der Waals surface area contributed by atoms with Crippen LogP contribution in [0.4, 0.5) is 5.95 Å². The lowest BCUT2D eigenvalue weighted by atomic mass is 9.71. The maximum absolute atomic E-state index is 12.8.